The second-order valence-corrected chi connectivity index (χ2v) is 21.3. The number of nitrogens with zero attached hydrogens (tertiary/aromatic N) is 1. The lowest BCUT2D eigenvalue weighted by Crippen LogP contribution is -2.31. The average Bonchev–Trinajstić information content (AvgIpc) is 2.67. The van der Waals surface area contributed by atoms with Crippen LogP contribution < -0.4 is 0 Å². The van der Waals surface area contributed by atoms with Crippen molar-refractivity contribution in [3.8, 4) is 0 Å². The maximum atomic E-state index is 11.8. The molecular formula is C30H49NOP2. The molecule has 0 saturated carbocycles. The lowest BCUT2D eigenvalue weighted by Gasteiger charge is -2.48. The van der Waals surface area contributed by atoms with E-state index in [1.165, 1.54) is 0 Å². The Morgan fingerprint density at radius 3 is 1.62 bits per heavy atom. The molecule has 0 radical (unpaired) electrons. The van der Waals surface area contributed by atoms with Crippen LogP contribution in [0, 0.1) is 0 Å². The summed E-state index contributed by atoms with van der Waals surface area (Å²) in [6.07, 6.45) is 0.424. The molecule has 0 fully saturated rings. The number of hydrogen-bond acceptors (Lipinski definition) is 2. The number of aliphatic hydroxyl groups is 1. The summed E-state index contributed by atoms with van der Waals surface area (Å²) in [6.45, 7) is 28.2. The molecule has 0 aliphatic carbocycles. The molecule has 0 spiro atoms. The maximum absolute atomic E-state index is 11.8. The van der Waals surface area contributed by atoms with Crippen LogP contribution in [0.2, 0.25) is 0 Å². The molecule has 1 N–H and O–H groups in total. The van der Waals surface area contributed by atoms with Crippen molar-refractivity contribution in [2.24, 2.45) is 0 Å². The third kappa shape index (κ3) is 7.59. The SMILES string of the molecule is CC(C)(C)P(Cc1cccc(C(C(O)c2ccccc2)P(C(C)(C)C)C(C)(C)C)n1)C(C)(C)C. The van der Waals surface area contributed by atoms with Crippen LogP contribution in [-0.2, 0) is 6.16 Å². The third-order valence-electron chi connectivity index (χ3n) is 6.23. The molecule has 190 valence electrons. The first-order valence-electron chi connectivity index (χ1n) is 12.6. The van der Waals surface area contributed by atoms with Crippen LogP contribution in [0.1, 0.15) is 112 Å². The first-order valence-corrected chi connectivity index (χ1v) is 15.5. The molecule has 1 heterocycles. The Balaban J connectivity index is 2.64. The van der Waals surface area contributed by atoms with Gasteiger partial charge in [0.15, 0.2) is 0 Å². The summed E-state index contributed by atoms with van der Waals surface area (Å²) >= 11 is 0. The molecule has 4 heteroatoms. The van der Waals surface area contributed by atoms with E-state index >= 15 is 0 Å². The number of hydrogen-bond donors (Lipinski definition) is 1. The first kappa shape index (κ1) is 29.4. The summed E-state index contributed by atoms with van der Waals surface area (Å²) in [5.74, 6) is 0. The van der Waals surface area contributed by atoms with E-state index in [-0.39, 0.29) is 34.2 Å². The highest BCUT2D eigenvalue weighted by molar-refractivity contribution is 7.61. The summed E-state index contributed by atoms with van der Waals surface area (Å²) < 4.78 is 0. The van der Waals surface area contributed by atoms with E-state index in [1.807, 2.05) is 18.2 Å². The highest BCUT2D eigenvalue weighted by Gasteiger charge is 2.44. The zero-order valence-corrected chi connectivity index (χ0v) is 25.6. The Morgan fingerprint density at radius 1 is 0.676 bits per heavy atom. The number of pyridine rings is 1. The van der Waals surface area contributed by atoms with Crippen molar-refractivity contribution in [2.75, 3.05) is 0 Å². The van der Waals surface area contributed by atoms with Crippen LogP contribution in [0.25, 0.3) is 0 Å². The van der Waals surface area contributed by atoms with Crippen molar-refractivity contribution in [1.29, 1.82) is 0 Å². The van der Waals surface area contributed by atoms with Gasteiger partial charge in [0.25, 0.3) is 0 Å². The minimum absolute atomic E-state index is 0.0344. The maximum Gasteiger partial charge on any atom is 0.0913 e. The van der Waals surface area contributed by atoms with Gasteiger partial charge in [0.2, 0.25) is 0 Å². The van der Waals surface area contributed by atoms with Gasteiger partial charge in [0.1, 0.15) is 0 Å². The first-order chi connectivity index (χ1) is 15.3. The van der Waals surface area contributed by atoms with E-state index in [9.17, 15) is 5.11 Å². The molecule has 1 aromatic carbocycles. The largest absolute Gasteiger partial charge is 0.387 e. The monoisotopic (exact) mass is 501 g/mol. The topological polar surface area (TPSA) is 33.1 Å². The van der Waals surface area contributed by atoms with Gasteiger partial charge in [-0.2, -0.15) is 0 Å². The van der Waals surface area contributed by atoms with E-state index in [4.69, 9.17) is 4.98 Å². The summed E-state index contributed by atoms with van der Waals surface area (Å²) in [4.78, 5) is 5.31. The molecule has 2 rings (SSSR count). The Morgan fingerprint density at radius 2 is 1.18 bits per heavy atom. The number of benzene rings is 1. The van der Waals surface area contributed by atoms with Gasteiger partial charge >= 0.3 is 0 Å². The molecule has 1 aromatic heterocycles. The lowest BCUT2D eigenvalue weighted by molar-refractivity contribution is 0.170. The van der Waals surface area contributed by atoms with Gasteiger partial charge in [0.05, 0.1) is 17.5 Å². The van der Waals surface area contributed by atoms with Crippen molar-refractivity contribution in [3.63, 3.8) is 0 Å². The van der Waals surface area contributed by atoms with Gasteiger partial charge in [-0.3, -0.25) is 4.98 Å². The lowest BCUT2D eigenvalue weighted by atomic mass is 10.0. The van der Waals surface area contributed by atoms with E-state index in [0.29, 0.717) is 0 Å². The third-order valence-corrected chi connectivity index (χ3v) is 14.1. The van der Waals surface area contributed by atoms with Crippen molar-refractivity contribution >= 4 is 15.8 Å². The van der Waals surface area contributed by atoms with Crippen LogP contribution in [0.3, 0.4) is 0 Å². The summed E-state index contributed by atoms with van der Waals surface area (Å²) in [5.41, 5.74) is 3.15. The fourth-order valence-corrected chi connectivity index (χ4v) is 13.5. The number of rotatable bonds is 6. The van der Waals surface area contributed by atoms with Crippen molar-refractivity contribution in [2.45, 2.75) is 122 Å². The Labute approximate surface area is 212 Å². The minimum atomic E-state index is -0.631. The second-order valence-electron chi connectivity index (χ2n) is 13.5. The average molecular weight is 502 g/mol. The van der Waals surface area contributed by atoms with Gasteiger partial charge in [0, 0.05) is 11.9 Å². The molecule has 0 aliphatic rings. The molecule has 0 aliphatic heterocycles. The minimum Gasteiger partial charge on any atom is -0.387 e. The zero-order chi connectivity index (χ0) is 26.1. The van der Waals surface area contributed by atoms with Gasteiger partial charge < -0.3 is 5.11 Å². The molecule has 2 aromatic rings. The Kier molecular flexibility index (Phi) is 9.23. The molecule has 2 nitrogen and oxygen atoms in total. The molecule has 0 bridgehead atoms. The van der Waals surface area contributed by atoms with Crippen LogP contribution in [0.5, 0.6) is 0 Å². The summed E-state index contributed by atoms with van der Waals surface area (Å²) in [7, 11) is -0.921. The fourth-order valence-electron chi connectivity index (χ4n) is 5.50. The Hall–Kier alpha value is -0.810. The predicted octanol–water partition coefficient (Wildman–Crippen LogP) is 9.51. The van der Waals surface area contributed by atoms with E-state index in [2.05, 4.69) is 113 Å². The Bertz CT molecular complexity index is 886. The van der Waals surface area contributed by atoms with Crippen molar-refractivity contribution in [1.82, 2.24) is 4.98 Å². The van der Waals surface area contributed by atoms with Gasteiger partial charge in [-0.1, -0.05) is 135 Å². The summed E-state index contributed by atoms with van der Waals surface area (Å²) in [5, 5.41) is 12.5. The standard InChI is InChI=1S/C30H49NOP2/c1-27(2,3)33(28(4,5)6)21-23-19-16-20-24(31-23)26(25(32)22-17-14-13-15-18-22)34(29(7,8)9)30(10,11)12/h13-20,25-26,32H,21H2,1-12H3. The molecule has 2 unspecified atom stereocenters. The van der Waals surface area contributed by atoms with E-state index < -0.39 is 14.0 Å². The number of aromatic nitrogens is 1. The van der Waals surface area contributed by atoms with Gasteiger partial charge in [-0.15, -0.1) is 0 Å². The van der Waals surface area contributed by atoms with Gasteiger partial charge in [-0.25, -0.2) is 0 Å². The molecule has 0 amide bonds. The predicted molar refractivity (Wildman–Crippen MR) is 155 cm³/mol. The molecular weight excluding hydrogens is 452 g/mol. The fraction of sp³-hybridized carbons (Fsp3) is 0.633. The molecule has 0 saturated heterocycles. The van der Waals surface area contributed by atoms with Crippen LogP contribution in [-0.4, -0.2) is 30.7 Å². The van der Waals surface area contributed by atoms with Crippen LogP contribution in [0.4, 0.5) is 0 Å². The highest BCUT2D eigenvalue weighted by atomic mass is 31.1. The van der Waals surface area contributed by atoms with E-state index in [0.717, 1.165) is 23.1 Å². The normalized spacial score (nSPS) is 15.6. The number of aliphatic hydroxyl groups excluding tert-OH is 1. The molecule has 34 heavy (non-hydrogen) atoms. The zero-order valence-electron chi connectivity index (χ0n) is 23.8. The van der Waals surface area contributed by atoms with Crippen molar-refractivity contribution in [3.05, 3.63) is 65.5 Å². The van der Waals surface area contributed by atoms with Crippen LogP contribution in [0.15, 0.2) is 48.5 Å². The second kappa shape index (κ2) is 10.7. The highest BCUT2D eigenvalue weighted by Crippen LogP contribution is 2.70. The summed E-state index contributed by atoms with van der Waals surface area (Å²) in [6, 6.07) is 16.7. The molecule has 2 atom stereocenters. The quantitative estimate of drug-likeness (QED) is 0.400. The van der Waals surface area contributed by atoms with E-state index in [1.54, 1.807) is 0 Å². The van der Waals surface area contributed by atoms with Crippen molar-refractivity contribution < 1.29 is 5.11 Å². The smallest absolute Gasteiger partial charge is 0.0913 e. The van der Waals surface area contributed by atoms with Crippen LogP contribution >= 0.6 is 15.8 Å². The van der Waals surface area contributed by atoms with Gasteiger partial charge in [-0.05, 0) is 38.3 Å².